The normalized spacial score (nSPS) is 13.8. The second kappa shape index (κ2) is 11.7. The highest BCUT2D eigenvalue weighted by molar-refractivity contribution is 5.75. The maximum Gasteiger partial charge on any atom is 0.130 e. The first-order valence-electron chi connectivity index (χ1n) is 7.53. The van der Waals surface area contributed by atoms with Crippen LogP contribution in [-0.2, 0) is 4.79 Å². The molecule has 20 heavy (non-hydrogen) atoms. The fourth-order valence-corrected chi connectivity index (χ4v) is 1.88. The molecular weight excluding hydrogens is 248 g/mol. The number of aliphatic hydroxyl groups is 1. The van der Waals surface area contributed by atoms with E-state index in [1.807, 2.05) is 6.92 Å². The number of rotatable bonds is 10. The monoisotopic (exact) mass is 278 g/mol. The minimum absolute atomic E-state index is 0.160. The molecule has 0 aliphatic rings. The van der Waals surface area contributed by atoms with Gasteiger partial charge in [-0.05, 0) is 59.8 Å². The lowest BCUT2D eigenvalue weighted by Crippen LogP contribution is -1.87. The summed E-state index contributed by atoms with van der Waals surface area (Å²) in [5.74, 6) is 0.260. The van der Waals surface area contributed by atoms with Crippen LogP contribution in [0.5, 0.6) is 0 Å². The summed E-state index contributed by atoms with van der Waals surface area (Å²) in [4.78, 5) is 10.8. The number of aliphatic hydroxyl groups excluding tert-OH is 1. The van der Waals surface area contributed by atoms with Gasteiger partial charge in [0.25, 0.3) is 0 Å². The van der Waals surface area contributed by atoms with E-state index in [4.69, 9.17) is 5.11 Å². The van der Waals surface area contributed by atoms with Crippen LogP contribution in [0.2, 0.25) is 0 Å². The Kier molecular flexibility index (Phi) is 11.0. The lowest BCUT2D eigenvalue weighted by molar-refractivity contribution is -0.116. The minimum Gasteiger partial charge on any atom is -0.392 e. The first-order chi connectivity index (χ1) is 9.45. The van der Waals surface area contributed by atoms with Gasteiger partial charge in [-0.3, -0.25) is 0 Å². The molecule has 0 saturated carbocycles. The van der Waals surface area contributed by atoms with Gasteiger partial charge >= 0.3 is 0 Å². The van der Waals surface area contributed by atoms with Gasteiger partial charge in [0, 0.05) is 6.42 Å². The maximum atomic E-state index is 10.8. The highest BCUT2D eigenvalue weighted by Crippen LogP contribution is 2.12. The lowest BCUT2D eigenvalue weighted by Gasteiger charge is -2.01. The Hall–Kier alpha value is -1.15. The van der Waals surface area contributed by atoms with Crippen molar-refractivity contribution in [2.45, 2.75) is 66.2 Å². The molecule has 0 unspecified atom stereocenters. The zero-order valence-electron chi connectivity index (χ0n) is 13.5. The van der Waals surface area contributed by atoms with Crippen LogP contribution >= 0.6 is 0 Å². The molecule has 0 spiro atoms. The molecule has 0 aromatic heterocycles. The van der Waals surface area contributed by atoms with Crippen molar-refractivity contribution >= 4 is 5.78 Å². The summed E-state index contributed by atoms with van der Waals surface area (Å²) in [6, 6.07) is 0. The van der Waals surface area contributed by atoms with Crippen LogP contribution in [0.4, 0.5) is 0 Å². The van der Waals surface area contributed by atoms with Crippen molar-refractivity contribution in [2.75, 3.05) is 6.61 Å². The highest BCUT2D eigenvalue weighted by atomic mass is 16.3. The number of ketones is 1. The molecule has 0 aromatic rings. The zero-order chi connectivity index (χ0) is 15.4. The van der Waals surface area contributed by atoms with Crippen LogP contribution in [0, 0.1) is 0 Å². The number of hydrogen-bond acceptors (Lipinski definition) is 2. The van der Waals surface area contributed by atoms with Gasteiger partial charge in [0.1, 0.15) is 5.78 Å². The molecule has 2 nitrogen and oxygen atoms in total. The van der Waals surface area contributed by atoms with Crippen molar-refractivity contribution in [3.63, 3.8) is 0 Å². The average Bonchev–Trinajstić information content (AvgIpc) is 2.38. The summed E-state index contributed by atoms with van der Waals surface area (Å²) >= 11 is 0. The summed E-state index contributed by atoms with van der Waals surface area (Å²) in [6.45, 7) is 8.05. The summed E-state index contributed by atoms with van der Waals surface area (Å²) in [6.07, 6.45) is 12.3. The van der Waals surface area contributed by atoms with E-state index < -0.39 is 0 Å². The Labute approximate surface area is 124 Å². The Morgan fingerprint density at radius 1 is 0.750 bits per heavy atom. The number of Topliss-reactive ketones (excluding diaryl/α,β-unsaturated/α-hetero) is 1. The number of carbonyl (C=O) groups excluding carboxylic acids is 1. The van der Waals surface area contributed by atoms with E-state index in [9.17, 15) is 4.79 Å². The van der Waals surface area contributed by atoms with Crippen LogP contribution < -0.4 is 0 Å². The third kappa shape index (κ3) is 11.9. The van der Waals surface area contributed by atoms with Gasteiger partial charge in [0.05, 0.1) is 6.61 Å². The van der Waals surface area contributed by atoms with Gasteiger partial charge in [0.15, 0.2) is 0 Å². The number of hydrogen-bond donors (Lipinski definition) is 1. The van der Waals surface area contributed by atoms with Crippen molar-refractivity contribution in [1.29, 1.82) is 0 Å². The second-order valence-electron chi connectivity index (χ2n) is 5.63. The number of carbonyl (C=O) groups is 1. The molecule has 1 N–H and O–H groups in total. The third-order valence-electron chi connectivity index (χ3n) is 3.30. The van der Waals surface area contributed by atoms with E-state index in [-0.39, 0.29) is 12.4 Å². The molecule has 0 aliphatic carbocycles. The van der Waals surface area contributed by atoms with Gasteiger partial charge in [-0.2, -0.15) is 0 Å². The second-order valence-corrected chi connectivity index (χ2v) is 5.63. The van der Waals surface area contributed by atoms with E-state index in [1.165, 1.54) is 11.1 Å². The molecule has 0 rings (SSSR count). The summed E-state index contributed by atoms with van der Waals surface area (Å²) in [5.41, 5.74) is 3.82. The molecule has 0 amide bonds. The van der Waals surface area contributed by atoms with Crippen LogP contribution in [0.3, 0.4) is 0 Å². The van der Waals surface area contributed by atoms with Gasteiger partial charge in [0.2, 0.25) is 0 Å². The zero-order valence-corrected chi connectivity index (χ0v) is 13.5. The van der Waals surface area contributed by atoms with E-state index in [0.717, 1.165) is 37.7 Å². The highest BCUT2D eigenvalue weighted by Gasteiger charge is 1.94. The van der Waals surface area contributed by atoms with E-state index >= 15 is 0 Å². The van der Waals surface area contributed by atoms with Crippen LogP contribution in [0.25, 0.3) is 0 Å². The largest absolute Gasteiger partial charge is 0.392 e. The Balaban J connectivity index is 3.89. The van der Waals surface area contributed by atoms with Crippen molar-refractivity contribution in [3.8, 4) is 0 Å². The molecule has 2 heteroatoms. The summed E-state index contributed by atoms with van der Waals surface area (Å²) in [7, 11) is 0. The third-order valence-corrected chi connectivity index (χ3v) is 3.30. The SMILES string of the molecule is CC(=O)CC/C=C(\C)CC/C=C(\C)CCC=C(C)CO. The summed E-state index contributed by atoms with van der Waals surface area (Å²) < 4.78 is 0. The Morgan fingerprint density at radius 2 is 1.15 bits per heavy atom. The molecule has 0 aliphatic heterocycles. The first kappa shape index (κ1) is 18.9. The topological polar surface area (TPSA) is 37.3 Å². The molecule has 0 radical (unpaired) electrons. The van der Waals surface area contributed by atoms with E-state index in [0.29, 0.717) is 6.42 Å². The summed E-state index contributed by atoms with van der Waals surface area (Å²) in [5, 5.41) is 8.90. The molecule has 0 atom stereocenters. The van der Waals surface area contributed by atoms with Crippen LogP contribution in [0.1, 0.15) is 66.2 Å². The van der Waals surface area contributed by atoms with Gasteiger partial charge in [-0.1, -0.05) is 34.9 Å². The van der Waals surface area contributed by atoms with Crippen LogP contribution in [0.15, 0.2) is 34.9 Å². The predicted octanol–water partition coefficient (Wildman–Crippen LogP) is 4.75. The molecular formula is C18H30O2. The fraction of sp³-hybridized carbons (Fsp3) is 0.611. The molecule has 0 heterocycles. The maximum absolute atomic E-state index is 10.8. The number of allylic oxidation sites excluding steroid dienone is 5. The molecule has 0 fully saturated rings. The molecule has 0 bridgehead atoms. The van der Waals surface area contributed by atoms with E-state index in [1.54, 1.807) is 6.92 Å². The fourth-order valence-electron chi connectivity index (χ4n) is 1.88. The molecule has 0 saturated heterocycles. The van der Waals surface area contributed by atoms with Gasteiger partial charge < -0.3 is 9.90 Å². The molecule has 0 aromatic carbocycles. The van der Waals surface area contributed by atoms with Crippen molar-refractivity contribution in [3.05, 3.63) is 34.9 Å². The standard InChI is InChI=1S/C18H30O2/c1-15(10-6-12-17(3)14-19)8-5-9-16(2)11-7-13-18(4)20/h8,11-12,19H,5-7,9-10,13-14H2,1-4H3/b15-8+,16-11+,17-12?. The smallest absolute Gasteiger partial charge is 0.130 e. The Morgan fingerprint density at radius 3 is 1.55 bits per heavy atom. The van der Waals surface area contributed by atoms with Gasteiger partial charge in [-0.15, -0.1) is 0 Å². The van der Waals surface area contributed by atoms with Crippen LogP contribution in [-0.4, -0.2) is 17.5 Å². The van der Waals surface area contributed by atoms with E-state index in [2.05, 4.69) is 32.1 Å². The lowest BCUT2D eigenvalue weighted by atomic mass is 10.1. The van der Waals surface area contributed by atoms with Crippen molar-refractivity contribution in [2.24, 2.45) is 0 Å². The molecule has 114 valence electrons. The first-order valence-corrected chi connectivity index (χ1v) is 7.53. The Bertz CT molecular complexity index is 373. The van der Waals surface area contributed by atoms with Crippen molar-refractivity contribution < 1.29 is 9.90 Å². The average molecular weight is 278 g/mol. The van der Waals surface area contributed by atoms with Crippen molar-refractivity contribution in [1.82, 2.24) is 0 Å². The quantitative estimate of drug-likeness (QED) is 0.586. The minimum atomic E-state index is 0.160. The van der Waals surface area contributed by atoms with Gasteiger partial charge in [-0.25, -0.2) is 0 Å². The predicted molar refractivity (Wildman–Crippen MR) is 86.7 cm³/mol.